The number of carbonyl (C=O) groups is 2. The lowest BCUT2D eigenvalue weighted by atomic mass is 10.3. The summed E-state index contributed by atoms with van der Waals surface area (Å²) in [4.78, 5) is 26.2. The summed E-state index contributed by atoms with van der Waals surface area (Å²) >= 11 is 1.20. The third-order valence-electron chi connectivity index (χ3n) is 1.36. The molecule has 0 heterocycles. The van der Waals surface area contributed by atoms with Crippen LogP contribution in [0.4, 0.5) is 0 Å². The first-order chi connectivity index (χ1) is 6.04. The van der Waals surface area contributed by atoms with Crippen molar-refractivity contribution in [2.45, 2.75) is 26.8 Å². The average Bonchev–Trinajstić information content (AvgIpc) is 2.02. The van der Waals surface area contributed by atoms with Crippen LogP contribution in [0.2, 0.25) is 0 Å². The van der Waals surface area contributed by atoms with Crippen molar-refractivity contribution in [2.24, 2.45) is 0 Å². The highest BCUT2D eigenvalue weighted by Crippen LogP contribution is 1.99. The molecular weight excluding hydrogens is 190 g/mol. The van der Waals surface area contributed by atoms with E-state index in [-0.39, 0.29) is 16.9 Å². The van der Waals surface area contributed by atoms with E-state index in [0.717, 1.165) is 0 Å². The molecule has 0 unspecified atom stereocenters. The number of ketones is 1. The predicted octanol–water partition coefficient (Wildman–Crippen LogP) is 0.765. The highest BCUT2D eigenvalue weighted by atomic mass is 32.2. The summed E-state index contributed by atoms with van der Waals surface area (Å²) in [6, 6.07) is -0.290. The van der Waals surface area contributed by atoms with Gasteiger partial charge in [0, 0.05) is 12.7 Å². The fourth-order valence-corrected chi connectivity index (χ4v) is 0.948. The Balaban J connectivity index is 3.26. The number of nitrogens with one attached hydrogen (secondary N) is 1. The van der Waals surface area contributed by atoms with Gasteiger partial charge in [-0.15, -0.1) is 0 Å². The first-order valence-electron chi connectivity index (χ1n) is 4.05. The van der Waals surface area contributed by atoms with E-state index in [1.54, 1.807) is 6.92 Å². The molecule has 0 spiro atoms. The Morgan fingerprint density at radius 2 is 2.08 bits per heavy atom. The van der Waals surface area contributed by atoms with Crippen molar-refractivity contribution >= 4 is 22.7 Å². The van der Waals surface area contributed by atoms with Gasteiger partial charge in [0.25, 0.3) is 0 Å². The summed E-state index contributed by atoms with van der Waals surface area (Å²) < 4.78 is 0. The molecule has 5 heteroatoms. The molecule has 0 aromatic heterocycles. The van der Waals surface area contributed by atoms with E-state index >= 15 is 0 Å². The van der Waals surface area contributed by atoms with Crippen molar-refractivity contribution in [3.8, 4) is 0 Å². The summed E-state index contributed by atoms with van der Waals surface area (Å²) in [5.41, 5.74) is 2.58. The molecule has 0 saturated carbocycles. The smallest absolute Gasteiger partial charge is 0.185 e. The van der Waals surface area contributed by atoms with E-state index in [4.69, 9.17) is 4.84 Å². The molecule has 0 amide bonds. The van der Waals surface area contributed by atoms with Crippen LogP contribution in [0.1, 0.15) is 20.8 Å². The Kier molecular flexibility index (Phi) is 6.84. The quantitative estimate of drug-likeness (QED) is 0.512. The van der Waals surface area contributed by atoms with Crippen molar-refractivity contribution < 1.29 is 14.4 Å². The van der Waals surface area contributed by atoms with Crippen molar-refractivity contribution in [3.63, 3.8) is 0 Å². The van der Waals surface area contributed by atoms with Gasteiger partial charge in [0.05, 0.1) is 12.6 Å². The van der Waals surface area contributed by atoms with Gasteiger partial charge in [-0.25, -0.2) is 0 Å². The summed E-state index contributed by atoms with van der Waals surface area (Å²) in [7, 11) is 0. The molecule has 0 bridgehead atoms. The van der Waals surface area contributed by atoms with E-state index in [1.807, 2.05) is 0 Å². The van der Waals surface area contributed by atoms with Crippen LogP contribution in [0.15, 0.2) is 0 Å². The van der Waals surface area contributed by atoms with E-state index in [0.29, 0.717) is 12.4 Å². The summed E-state index contributed by atoms with van der Waals surface area (Å²) in [5, 5.41) is 0.0724. The molecule has 4 nitrogen and oxygen atoms in total. The molecule has 0 aromatic rings. The maximum Gasteiger partial charge on any atom is 0.185 e. The van der Waals surface area contributed by atoms with Crippen molar-refractivity contribution in [3.05, 3.63) is 0 Å². The van der Waals surface area contributed by atoms with Gasteiger partial charge in [0.2, 0.25) is 0 Å². The van der Waals surface area contributed by atoms with Crippen molar-refractivity contribution in [2.75, 3.05) is 12.4 Å². The van der Waals surface area contributed by atoms with Crippen LogP contribution in [0.3, 0.4) is 0 Å². The van der Waals surface area contributed by atoms with E-state index in [2.05, 4.69) is 5.48 Å². The Morgan fingerprint density at radius 1 is 1.46 bits per heavy atom. The Hall–Kier alpha value is -0.390. The van der Waals surface area contributed by atoms with Crippen LogP contribution in [0.5, 0.6) is 0 Å². The third kappa shape index (κ3) is 7.95. The number of Topliss-reactive ketones (excluding diaryl/α,β-unsaturated/α-hetero) is 1. The number of rotatable bonds is 6. The van der Waals surface area contributed by atoms with Crippen LogP contribution in [0, 0.1) is 0 Å². The molecule has 1 N–H and O–H groups in total. The number of carbonyl (C=O) groups excluding carboxylic acids is 2. The topological polar surface area (TPSA) is 55.4 Å². The Morgan fingerprint density at radius 3 is 2.54 bits per heavy atom. The molecule has 0 fully saturated rings. The number of hydrogen-bond acceptors (Lipinski definition) is 5. The number of hydrogen-bond donors (Lipinski definition) is 1. The van der Waals surface area contributed by atoms with Gasteiger partial charge < -0.3 is 4.84 Å². The van der Waals surface area contributed by atoms with Gasteiger partial charge >= 0.3 is 0 Å². The van der Waals surface area contributed by atoms with Gasteiger partial charge in [-0.2, -0.15) is 5.48 Å². The lowest BCUT2D eigenvalue weighted by Crippen LogP contribution is -2.32. The SMILES string of the molecule is CC(=O)SCCON[C@H](C)C(C)=O. The first kappa shape index (κ1) is 12.6. The minimum atomic E-state index is -0.290. The molecule has 0 saturated heterocycles. The van der Waals surface area contributed by atoms with Gasteiger partial charge in [-0.1, -0.05) is 11.8 Å². The van der Waals surface area contributed by atoms with E-state index in [9.17, 15) is 9.59 Å². The predicted molar refractivity (Wildman–Crippen MR) is 52.4 cm³/mol. The molecule has 0 rings (SSSR count). The van der Waals surface area contributed by atoms with Gasteiger partial charge in [0.1, 0.15) is 5.78 Å². The minimum absolute atomic E-state index is 0.0271. The zero-order valence-corrected chi connectivity index (χ0v) is 8.94. The summed E-state index contributed by atoms with van der Waals surface area (Å²) in [5.74, 6) is 0.631. The molecule has 0 aliphatic rings. The lowest BCUT2D eigenvalue weighted by molar-refractivity contribution is -0.122. The molecule has 0 aliphatic heterocycles. The molecule has 0 aliphatic carbocycles. The van der Waals surface area contributed by atoms with E-state index in [1.165, 1.54) is 25.6 Å². The number of hydroxylamine groups is 1. The Labute approximate surface area is 82.4 Å². The largest absolute Gasteiger partial charge is 0.300 e. The van der Waals surface area contributed by atoms with Crippen molar-refractivity contribution in [1.82, 2.24) is 5.48 Å². The molecule has 76 valence electrons. The average molecular weight is 205 g/mol. The Bertz CT molecular complexity index is 184. The standard InChI is InChI=1S/C8H15NO3S/c1-6(7(2)10)9-12-4-5-13-8(3)11/h6,9H,4-5H2,1-3H3/t6-/m1/s1. The highest BCUT2D eigenvalue weighted by molar-refractivity contribution is 8.13. The second-order valence-electron chi connectivity index (χ2n) is 2.64. The summed E-state index contributed by atoms with van der Waals surface area (Å²) in [6.07, 6.45) is 0. The molecule has 13 heavy (non-hydrogen) atoms. The van der Waals surface area contributed by atoms with Crippen LogP contribution >= 0.6 is 11.8 Å². The molecule has 0 radical (unpaired) electrons. The summed E-state index contributed by atoms with van der Waals surface area (Å²) in [6.45, 7) is 5.14. The maximum atomic E-state index is 10.7. The third-order valence-corrected chi connectivity index (χ3v) is 2.14. The normalized spacial score (nSPS) is 12.5. The zero-order valence-electron chi connectivity index (χ0n) is 8.12. The van der Waals surface area contributed by atoms with Crippen LogP contribution in [-0.4, -0.2) is 29.3 Å². The van der Waals surface area contributed by atoms with Crippen molar-refractivity contribution in [1.29, 1.82) is 0 Å². The highest BCUT2D eigenvalue weighted by Gasteiger charge is 2.05. The lowest BCUT2D eigenvalue weighted by Gasteiger charge is -2.09. The van der Waals surface area contributed by atoms with Gasteiger partial charge in [-0.3, -0.25) is 9.59 Å². The maximum absolute atomic E-state index is 10.7. The second-order valence-corrected chi connectivity index (χ2v) is 3.91. The number of thioether (sulfide) groups is 1. The zero-order chi connectivity index (χ0) is 10.3. The van der Waals surface area contributed by atoms with E-state index < -0.39 is 0 Å². The monoisotopic (exact) mass is 205 g/mol. The van der Waals surface area contributed by atoms with Gasteiger partial charge in [0.15, 0.2) is 5.12 Å². The second kappa shape index (κ2) is 7.06. The van der Waals surface area contributed by atoms with Crippen LogP contribution in [-0.2, 0) is 14.4 Å². The van der Waals surface area contributed by atoms with Crippen LogP contribution < -0.4 is 5.48 Å². The van der Waals surface area contributed by atoms with Gasteiger partial charge in [-0.05, 0) is 13.8 Å². The molecule has 1 atom stereocenters. The molecule has 0 aromatic carbocycles. The first-order valence-corrected chi connectivity index (χ1v) is 5.03. The fourth-order valence-electron chi connectivity index (χ4n) is 0.494. The minimum Gasteiger partial charge on any atom is -0.300 e. The fraction of sp³-hybridized carbons (Fsp3) is 0.750. The van der Waals surface area contributed by atoms with Crippen LogP contribution in [0.25, 0.3) is 0 Å². The molecular formula is C8H15NO3S.